The quantitative estimate of drug-likeness (QED) is 0.284. The van der Waals surface area contributed by atoms with Crippen LogP contribution in [0, 0.1) is 35.4 Å². The van der Waals surface area contributed by atoms with Crippen LogP contribution in [0.3, 0.4) is 0 Å². The monoisotopic (exact) mass is 492 g/mol. The maximum atomic E-state index is 14.1. The molecule has 0 aromatic heterocycles. The van der Waals surface area contributed by atoms with Crippen LogP contribution in [0.1, 0.15) is 95.5 Å². The van der Waals surface area contributed by atoms with E-state index in [1.54, 1.807) is 6.07 Å². The van der Waals surface area contributed by atoms with E-state index in [-0.39, 0.29) is 5.92 Å². The lowest BCUT2D eigenvalue weighted by Gasteiger charge is -2.29. The van der Waals surface area contributed by atoms with Gasteiger partial charge in [0.05, 0.1) is 0 Å². The predicted octanol–water partition coefficient (Wildman–Crippen LogP) is 9.74. The Morgan fingerprint density at radius 3 is 1.54 bits per heavy atom. The molecule has 0 unspecified atom stereocenters. The van der Waals surface area contributed by atoms with Crippen molar-refractivity contribution >= 4 is 0 Å². The van der Waals surface area contributed by atoms with Gasteiger partial charge in [0.25, 0.3) is 0 Å². The van der Waals surface area contributed by atoms with Gasteiger partial charge in [-0.3, -0.25) is 0 Å². The van der Waals surface area contributed by atoms with E-state index in [9.17, 15) is 17.6 Å². The second-order valence-electron chi connectivity index (χ2n) is 11.3. The standard InChI is InChI=1S/C30H40F4O/c1-21-2-4-22(5-3-21)6-7-23-8-10-24(11-9-23)12-13-25-14-16-26(17-15-25)27-18-19-29(28(31)20-27)35-30(32,33)34/h6-7,12-13,18-26H,2-5,8-11,14-17H2,1H3/b7-6+,13-12+. The molecule has 0 amide bonds. The summed E-state index contributed by atoms with van der Waals surface area (Å²) in [6.45, 7) is 2.38. The summed E-state index contributed by atoms with van der Waals surface area (Å²) < 4.78 is 54.9. The average molecular weight is 493 g/mol. The van der Waals surface area contributed by atoms with E-state index in [2.05, 4.69) is 36.0 Å². The molecule has 0 radical (unpaired) electrons. The summed E-state index contributed by atoms with van der Waals surface area (Å²) >= 11 is 0. The topological polar surface area (TPSA) is 9.23 Å². The van der Waals surface area contributed by atoms with Gasteiger partial charge >= 0.3 is 6.36 Å². The van der Waals surface area contributed by atoms with Crippen LogP contribution in [0.15, 0.2) is 42.5 Å². The van der Waals surface area contributed by atoms with Crippen molar-refractivity contribution in [2.45, 2.75) is 96.3 Å². The Morgan fingerprint density at radius 2 is 1.11 bits per heavy atom. The van der Waals surface area contributed by atoms with E-state index in [0.717, 1.165) is 55.1 Å². The molecule has 1 aromatic carbocycles. The molecule has 0 N–H and O–H groups in total. The molecule has 35 heavy (non-hydrogen) atoms. The Hall–Kier alpha value is -1.78. The highest BCUT2D eigenvalue weighted by molar-refractivity contribution is 5.31. The molecule has 1 nitrogen and oxygen atoms in total. The third-order valence-electron chi connectivity index (χ3n) is 8.61. The number of hydrogen-bond acceptors (Lipinski definition) is 1. The minimum absolute atomic E-state index is 0.198. The third-order valence-corrected chi connectivity index (χ3v) is 8.61. The fraction of sp³-hybridized carbons (Fsp3) is 0.667. The van der Waals surface area contributed by atoms with Gasteiger partial charge in [0, 0.05) is 0 Å². The third kappa shape index (κ3) is 8.11. The van der Waals surface area contributed by atoms with Crippen molar-refractivity contribution < 1.29 is 22.3 Å². The normalized spacial score (nSPS) is 32.8. The summed E-state index contributed by atoms with van der Waals surface area (Å²) in [4.78, 5) is 0. The van der Waals surface area contributed by atoms with Crippen LogP contribution in [0.25, 0.3) is 0 Å². The van der Waals surface area contributed by atoms with E-state index >= 15 is 0 Å². The fourth-order valence-corrected chi connectivity index (χ4v) is 6.26. The van der Waals surface area contributed by atoms with E-state index in [0.29, 0.717) is 11.8 Å². The minimum atomic E-state index is -4.88. The first kappa shape index (κ1) is 26.3. The fourth-order valence-electron chi connectivity index (χ4n) is 6.26. The van der Waals surface area contributed by atoms with Gasteiger partial charge in [0.2, 0.25) is 0 Å². The number of ether oxygens (including phenoxy) is 1. The maximum Gasteiger partial charge on any atom is 0.573 e. The summed E-state index contributed by atoms with van der Waals surface area (Å²) in [6, 6.07) is 3.89. The van der Waals surface area contributed by atoms with Crippen molar-refractivity contribution in [3.63, 3.8) is 0 Å². The molecule has 0 saturated heterocycles. The number of hydrogen-bond donors (Lipinski definition) is 0. The molecule has 4 rings (SSSR count). The lowest BCUT2D eigenvalue weighted by Crippen LogP contribution is -2.18. The van der Waals surface area contributed by atoms with Crippen molar-refractivity contribution in [3.8, 4) is 5.75 Å². The van der Waals surface area contributed by atoms with E-state index in [4.69, 9.17) is 0 Å². The maximum absolute atomic E-state index is 14.1. The smallest absolute Gasteiger partial charge is 0.403 e. The Bertz CT molecular complexity index is 850. The molecule has 0 aliphatic heterocycles. The van der Waals surface area contributed by atoms with Crippen LogP contribution in [-0.2, 0) is 0 Å². The van der Waals surface area contributed by atoms with Crippen molar-refractivity contribution in [1.82, 2.24) is 0 Å². The molecule has 3 saturated carbocycles. The number of alkyl halides is 3. The second-order valence-corrected chi connectivity index (χ2v) is 11.3. The van der Waals surface area contributed by atoms with Crippen LogP contribution in [0.2, 0.25) is 0 Å². The molecule has 0 heterocycles. The first-order valence-electron chi connectivity index (χ1n) is 13.7. The van der Waals surface area contributed by atoms with Crippen LogP contribution in [-0.4, -0.2) is 6.36 Å². The van der Waals surface area contributed by atoms with Crippen molar-refractivity contribution in [2.24, 2.45) is 29.6 Å². The summed E-state index contributed by atoms with van der Waals surface area (Å²) in [6.07, 6.45) is 19.6. The predicted molar refractivity (Wildman–Crippen MR) is 133 cm³/mol. The number of rotatable bonds is 6. The molecular weight excluding hydrogens is 452 g/mol. The van der Waals surface area contributed by atoms with Crippen molar-refractivity contribution in [2.75, 3.05) is 0 Å². The average Bonchev–Trinajstić information content (AvgIpc) is 2.84. The number of benzene rings is 1. The SMILES string of the molecule is CC1CCC(/C=C/C2CCC(/C=C/C3CCC(c4ccc(OC(F)(F)F)c(F)c4)CC3)CC2)CC1. The molecule has 3 aliphatic carbocycles. The molecule has 1 aromatic rings. The molecule has 0 bridgehead atoms. The second kappa shape index (κ2) is 12.0. The van der Waals surface area contributed by atoms with Crippen LogP contribution in [0.5, 0.6) is 5.75 Å². The summed E-state index contributed by atoms with van der Waals surface area (Å²) in [5.74, 6) is 2.20. The van der Waals surface area contributed by atoms with Gasteiger partial charge in [-0.15, -0.1) is 13.2 Å². The zero-order valence-electron chi connectivity index (χ0n) is 20.9. The molecule has 5 heteroatoms. The van der Waals surface area contributed by atoms with E-state index in [1.807, 2.05) is 0 Å². The lowest BCUT2D eigenvalue weighted by atomic mass is 9.77. The van der Waals surface area contributed by atoms with E-state index in [1.165, 1.54) is 57.4 Å². The van der Waals surface area contributed by atoms with Gasteiger partial charge < -0.3 is 4.74 Å². The first-order valence-corrected chi connectivity index (χ1v) is 13.7. The van der Waals surface area contributed by atoms with Crippen LogP contribution >= 0.6 is 0 Å². The highest BCUT2D eigenvalue weighted by atomic mass is 19.4. The Labute approximate surface area is 208 Å². The highest BCUT2D eigenvalue weighted by Gasteiger charge is 2.32. The molecule has 194 valence electrons. The summed E-state index contributed by atoms with van der Waals surface area (Å²) in [7, 11) is 0. The van der Waals surface area contributed by atoms with Crippen molar-refractivity contribution in [1.29, 1.82) is 0 Å². The molecule has 3 aliphatic rings. The molecular formula is C30H40F4O. The van der Waals surface area contributed by atoms with Gasteiger partial charge in [-0.25, -0.2) is 4.39 Å². The molecule has 3 fully saturated rings. The van der Waals surface area contributed by atoms with Crippen LogP contribution in [0.4, 0.5) is 17.6 Å². The summed E-state index contributed by atoms with van der Waals surface area (Å²) in [5.41, 5.74) is 0.772. The summed E-state index contributed by atoms with van der Waals surface area (Å²) in [5, 5.41) is 0. The zero-order valence-corrected chi connectivity index (χ0v) is 20.9. The minimum Gasteiger partial charge on any atom is -0.403 e. The Kier molecular flexibility index (Phi) is 8.99. The first-order chi connectivity index (χ1) is 16.7. The van der Waals surface area contributed by atoms with Gasteiger partial charge in [0.15, 0.2) is 11.6 Å². The largest absolute Gasteiger partial charge is 0.573 e. The van der Waals surface area contributed by atoms with Gasteiger partial charge in [-0.2, -0.15) is 0 Å². The lowest BCUT2D eigenvalue weighted by molar-refractivity contribution is -0.275. The van der Waals surface area contributed by atoms with Gasteiger partial charge in [0.1, 0.15) is 0 Å². The van der Waals surface area contributed by atoms with E-state index < -0.39 is 17.9 Å². The Morgan fingerprint density at radius 1 is 0.686 bits per heavy atom. The number of allylic oxidation sites excluding steroid dienone is 4. The van der Waals surface area contributed by atoms with Crippen LogP contribution < -0.4 is 4.74 Å². The van der Waals surface area contributed by atoms with Gasteiger partial charge in [-0.1, -0.05) is 50.1 Å². The number of halogens is 4. The molecule has 0 atom stereocenters. The molecule has 0 spiro atoms. The zero-order chi connectivity index (χ0) is 24.8. The Balaban J connectivity index is 1.17. The highest BCUT2D eigenvalue weighted by Crippen LogP contribution is 2.39. The van der Waals surface area contributed by atoms with Gasteiger partial charge in [-0.05, 0) is 117 Å². The van der Waals surface area contributed by atoms with Crippen molar-refractivity contribution in [3.05, 3.63) is 53.9 Å².